The van der Waals surface area contributed by atoms with Gasteiger partial charge in [-0.05, 0) is 25.5 Å². The molecule has 26 heavy (non-hydrogen) atoms. The first-order valence-electron chi connectivity index (χ1n) is 8.45. The fraction of sp³-hybridized carbons (Fsp3) is 0.167. The van der Waals surface area contributed by atoms with Crippen molar-refractivity contribution < 1.29 is 16.3 Å². The third-order valence-corrected chi connectivity index (χ3v) is 3.94. The molecule has 0 saturated carbocycles. The molecule has 3 aromatic rings. The van der Waals surface area contributed by atoms with Crippen LogP contribution in [0.2, 0.25) is 5.02 Å². The molecule has 3 aromatic heterocycles. The van der Waals surface area contributed by atoms with Crippen molar-refractivity contribution in [1.82, 2.24) is 14.5 Å². The van der Waals surface area contributed by atoms with Gasteiger partial charge in [0.1, 0.15) is 28.8 Å². The molecule has 0 aliphatic carbocycles. The molecule has 0 spiro atoms. The zero-order valence-corrected chi connectivity index (χ0v) is 14.5. The summed E-state index contributed by atoms with van der Waals surface area (Å²) in [5.41, 5.74) is 0.277. The van der Waals surface area contributed by atoms with Gasteiger partial charge in [0.2, 0.25) is 0 Å². The van der Waals surface area contributed by atoms with E-state index in [0.29, 0.717) is 23.6 Å². The highest BCUT2D eigenvalue weighted by Crippen LogP contribution is 2.25. The first-order valence-corrected chi connectivity index (χ1v) is 7.83. The van der Waals surface area contributed by atoms with Crippen LogP contribution in [0.1, 0.15) is 19.7 Å². The van der Waals surface area contributed by atoms with Gasteiger partial charge in [-0.2, -0.15) is 0 Å². The first-order chi connectivity index (χ1) is 13.1. The average molecular weight is 380 g/mol. The highest BCUT2D eigenvalue weighted by molar-refractivity contribution is 6.31. The molecule has 0 N–H and O–H groups in total. The first kappa shape index (κ1) is 15.5. The van der Waals surface area contributed by atoms with Crippen LogP contribution in [0.4, 0.5) is 8.78 Å². The average Bonchev–Trinajstić information content (AvgIpc) is 2.60. The molecule has 0 saturated heterocycles. The van der Waals surface area contributed by atoms with Crippen LogP contribution in [0, 0.1) is 25.5 Å². The van der Waals surface area contributed by atoms with Gasteiger partial charge in [-0.3, -0.25) is 19.3 Å². The summed E-state index contributed by atoms with van der Waals surface area (Å²) in [6.45, 7) is 0.587. The standard InChI is InChI=1S/C18H14ClF2N3O2/c1-10-7-22-4-3-15(10)24-11(2)5-16(17(19)18(24)25)26-9-14-13(21)6-12(20)8-23-14/h3-8H,9H2,1-2H3/i9D2. The fourth-order valence-corrected chi connectivity index (χ4v) is 2.54. The van der Waals surface area contributed by atoms with E-state index < -0.39 is 34.5 Å². The van der Waals surface area contributed by atoms with Crippen molar-refractivity contribution in [3.05, 3.63) is 80.8 Å². The van der Waals surface area contributed by atoms with Gasteiger partial charge in [-0.15, -0.1) is 0 Å². The molecular formula is C18H14ClF2N3O2. The second kappa shape index (κ2) is 7.21. The Hall–Kier alpha value is -2.80. The van der Waals surface area contributed by atoms with E-state index in [0.717, 1.165) is 5.56 Å². The normalized spacial score (nSPS) is 12.5. The number of ether oxygens (including phenoxy) is 1. The van der Waals surface area contributed by atoms with Crippen molar-refractivity contribution in [3.63, 3.8) is 0 Å². The molecule has 3 rings (SSSR count). The van der Waals surface area contributed by atoms with Crippen molar-refractivity contribution in [2.75, 3.05) is 0 Å². The summed E-state index contributed by atoms with van der Waals surface area (Å²) in [7, 11) is 0. The third kappa shape index (κ3) is 3.43. The molecule has 0 aromatic carbocycles. The molecule has 0 unspecified atom stereocenters. The molecule has 8 heteroatoms. The molecule has 5 nitrogen and oxygen atoms in total. The molecule has 0 amide bonds. The second-order valence-electron chi connectivity index (χ2n) is 5.45. The number of rotatable bonds is 4. The minimum atomic E-state index is -2.79. The Morgan fingerprint density at radius 3 is 2.77 bits per heavy atom. The maximum Gasteiger partial charge on any atom is 0.277 e. The Labute approximate surface area is 155 Å². The quantitative estimate of drug-likeness (QED) is 0.692. The zero-order chi connectivity index (χ0) is 20.6. The molecule has 0 fully saturated rings. The van der Waals surface area contributed by atoms with Crippen molar-refractivity contribution >= 4 is 11.6 Å². The number of aryl methyl sites for hydroxylation is 2. The SMILES string of the molecule is [2H]C([2H])(Oc1cc(C)n(-c2ccncc2C)c(=O)c1Cl)c1ncc(F)cc1F. The lowest BCUT2D eigenvalue weighted by Gasteiger charge is -2.15. The predicted molar refractivity (Wildman–Crippen MR) is 92.8 cm³/mol. The lowest BCUT2D eigenvalue weighted by Crippen LogP contribution is -2.22. The number of hydrogen-bond acceptors (Lipinski definition) is 4. The highest BCUT2D eigenvalue weighted by Gasteiger charge is 2.16. The van der Waals surface area contributed by atoms with E-state index in [9.17, 15) is 13.6 Å². The lowest BCUT2D eigenvalue weighted by molar-refractivity contribution is 0.292. The summed E-state index contributed by atoms with van der Waals surface area (Å²) in [6.07, 6.45) is 3.77. The summed E-state index contributed by atoms with van der Waals surface area (Å²) in [4.78, 5) is 20.2. The van der Waals surface area contributed by atoms with Crippen LogP contribution in [0.15, 0.2) is 41.6 Å². The third-order valence-electron chi connectivity index (χ3n) is 3.60. The summed E-state index contributed by atoms with van der Waals surface area (Å²) in [5.74, 6) is -2.47. The minimum Gasteiger partial charge on any atom is -0.485 e. The Bertz CT molecular complexity index is 1120. The molecule has 0 aliphatic heterocycles. The van der Waals surface area contributed by atoms with Crippen LogP contribution in [0.25, 0.3) is 5.69 Å². The van der Waals surface area contributed by atoms with E-state index in [1.165, 1.54) is 16.8 Å². The van der Waals surface area contributed by atoms with Gasteiger partial charge in [0.25, 0.3) is 5.56 Å². The van der Waals surface area contributed by atoms with Crippen LogP contribution >= 0.6 is 11.6 Å². The summed E-state index contributed by atoms with van der Waals surface area (Å²) in [6, 6.07) is 3.47. The summed E-state index contributed by atoms with van der Waals surface area (Å²) < 4.78 is 49.3. The topological polar surface area (TPSA) is 57.0 Å². The number of hydrogen-bond donors (Lipinski definition) is 0. The van der Waals surface area contributed by atoms with Gasteiger partial charge < -0.3 is 4.74 Å². The number of nitrogens with zero attached hydrogens (tertiary/aromatic N) is 3. The maximum atomic E-state index is 13.9. The highest BCUT2D eigenvalue weighted by atomic mass is 35.5. The molecule has 0 radical (unpaired) electrons. The monoisotopic (exact) mass is 379 g/mol. The van der Waals surface area contributed by atoms with Crippen LogP contribution in [0.5, 0.6) is 5.75 Å². The van der Waals surface area contributed by atoms with E-state index in [1.807, 2.05) is 0 Å². The maximum absolute atomic E-state index is 13.9. The predicted octanol–water partition coefficient (Wildman–Crippen LogP) is 3.75. The van der Waals surface area contributed by atoms with Crippen LogP contribution in [-0.4, -0.2) is 14.5 Å². The van der Waals surface area contributed by atoms with Gasteiger partial charge in [0, 0.05) is 30.2 Å². The van der Waals surface area contributed by atoms with Crippen molar-refractivity contribution in [2.24, 2.45) is 0 Å². The van der Waals surface area contributed by atoms with Crippen LogP contribution in [-0.2, 0) is 6.56 Å². The Morgan fingerprint density at radius 1 is 1.31 bits per heavy atom. The minimum absolute atomic E-state index is 0.289. The second-order valence-corrected chi connectivity index (χ2v) is 5.83. The van der Waals surface area contributed by atoms with Gasteiger partial charge in [-0.1, -0.05) is 11.6 Å². The van der Waals surface area contributed by atoms with Crippen LogP contribution in [0.3, 0.4) is 0 Å². The van der Waals surface area contributed by atoms with Gasteiger partial charge in [-0.25, -0.2) is 8.78 Å². The molecule has 134 valence electrons. The van der Waals surface area contributed by atoms with E-state index in [1.54, 1.807) is 26.1 Å². The zero-order valence-electron chi connectivity index (χ0n) is 15.8. The van der Waals surface area contributed by atoms with E-state index in [-0.39, 0.29) is 5.75 Å². The lowest BCUT2D eigenvalue weighted by atomic mass is 10.2. The number of aromatic nitrogens is 3. The Balaban J connectivity index is 2.07. The number of halogens is 3. The van der Waals surface area contributed by atoms with E-state index in [4.69, 9.17) is 19.1 Å². The Morgan fingerprint density at radius 2 is 2.08 bits per heavy atom. The van der Waals surface area contributed by atoms with E-state index >= 15 is 0 Å². The van der Waals surface area contributed by atoms with Gasteiger partial charge in [0.05, 0.1) is 14.6 Å². The molecule has 0 atom stereocenters. The fourth-order valence-electron chi connectivity index (χ4n) is 2.36. The van der Waals surface area contributed by atoms with Crippen molar-refractivity contribution in [2.45, 2.75) is 20.4 Å². The summed E-state index contributed by atoms with van der Waals surface area (Å²) in [5, 5.41) is -0.395. The van der Waals surface area contributed by atoms with Gasteiger partial charge >= 0.3 is 0 Å². The Kier molecular flexibility index (Phi) is 4.29. The van der Waals surface area contributed by atoms with Crippen molar-refractivity contribution in [3.8, 4) is 11.4 Å². The molecule has 0 aliphatic rings. The molecular weight excluding hydrogens is 364 g/mol. The largest absolute Gasteiger partial charge is 0.485 e. The summed E-state index contributed by atoms with van der Waals surface area (Å²) >= 11 is 6.12. The number of pyridine rings is 3. The van der Waals surface area contributed by atoms with Crippen molar-refractivity contribution in [1.29, 1.82) is 0 Å². The molecule has 3 heterocycles. The molecule has 0 bridgehead atoms. The van der Waals surface area contributed by atoms with E-state index in [2.05, 4.69) is 9.97 Å². The smallest absolute Gasteiger partial charge is 0.277 e. The van der Waals surface area contributed by atoms with Crippen LogP contribution < -0.4 is 10.3 Å². The van der Waals surface area contributed by atoms with Gasteiger partial charge in [0.15, 0.2) is 5.82 Å².